The Morgan fingerprint density at radius 3 is 2.33 bits per heavy atom. The van der Waals surface area contributed by atoms with Crippen molar-refractivity contribution in [3.05, 3.63) is 29.8 Å². The summed E-state index contributed by atoms with van der Waals surface area (Å²) in [4.78, 5) is 11.4. The van der Waals surface area contributed by atoms with Gasteiger partial charge in [-0.05, 0) is 61.5 Å². The number of halogens is 1. The smallest absolute Gasteiger partial charge is 0.341 e. The van der Waals surface area contributed by atoms with Gasteiger partial charge in [0.15, 0.2) is 0 Å². The van der Waals surface area contributed by atoms with E-state index in [1.54, 1.807) is 0 Å². The van der Waals surface area contributed by atoms with Crippen molar-refractivity contribution in [2.75, 3.05) is 0 Å². The molecule has 0 aliphatic heterocycles. The Morgan fingerprint density at radius 2 is 1.88 bits per heavy atom. The first kappa shape index (κ1) is 19.0. The van der Waals surface area contributed by atoms with Gasteiger partial charge in [-0.25, -0.2) is 9.18 Å². The molecule has 3 nitrogen and oxygen atoms in total. The molecule has 0 spiro atoms. The maximum absolute atomic E-state index is 14.9. The van der Waals surface area contributed by atoms with Crippen LogP contribution in [0.5, 0.6) is 5.75 Å². The summed E-state index contributed by atoms with van der Waals surface area (Å²) in [7, 11) is -1.99. The first-order valence-corrected chi connectivity index (χ1v) is 11.5. The fourth-order valence-corrected chi connectivity index (χ4v) is 3.83. The minimum absolute atomic E-state index is 0.0641. The first-order chi connectivity index (χ1) is 10.9. The van der Waals surface area contributed by atoms with Gasteiger partial charge in [-0.3, -0.25) is 0 Å². The molecule has 0 saturated heterocycles. The Kier molecular flexibility index (Phi) is 4.88. The van der Waals surface area contributed by atoms with Gasteiger partial charge in [-0.1, -0.05) is 32.9 Å². The van der Waals surface area contributed by atoms with E-state index in [2.05, 4.69) is 33.9 Å². The normalized spacial score (nSPS) is 19.5. The predicted octanol–water partition coefficient (Wildman–Crippen LogP) is 5.38. The van der Waals surface area contributed by atoms with Crippen LogP contribution in [0.2, 0.25) is 18.1 Å². The van der Waals surface area contributed by atoms with E-state index in [1.165, 1.54) is 6.92 Å². The summed E-state index contributed by atoms with van der Waals surface area (Å²) in [5, 5.41) is 9.38. The molecule has 1 aromatic rings. The molecule has 1 unspecified atom stereocenters. The lowest BCUT2D eigenvalue weighted by Crippen LogP contribution is -2.44. The minimum atomic E-state index is -2.27. The zero-order valence-corrected chi connectivity index (χ0v) is 16.5. The minimum Gasteiger partial charge on any atom is -0.543 e. The molecular weight excluding hydrogens is 323 g/mol. The van der Waals surface area contributed by atoms with Gasteiger partial charge in [0, 0.05) is 5.92 Å². The summed E-state index contributed by atoms with van der Waals surface area (Å²) in [6.07, 6.45) is 1.76. The molecule has 0 amide bonds. The van der Waals surface area contributed by atoms with Gasteiger partial charge < -0.3 is 9.53 Å². The van der Waals surface area contributed by atoms with Gasteiger partial charge >= 0.3 is 5.97 Å². The van der Waals surface area contributed by atoms with Gasteiger partial charge in [-0.15, -0.1) is 0 Å². The lowest BCUT2D eigenvalue weighted by molar-refractivity contribution is -0.151. The number of benzene rings is 1. The van der Waals surface area contributed by atoms with Crippen molar-refractivity contribution in [1.82, 2.24) is 0 Å². The van der Waals surface area contributed by atoms with E-state index in [-0.39, 0.29) is 11.0 Å². The standard InChI is InChI=1S/C19H29FO3Si/c1-18(2,3)24(5,6)23-15-9-7-8-14(12-15)16(13-10-11-13)19(4,20)17(21)22/h7-9,12-13,16H,10-11H2,1-6H3,(H,21,22)/t16-,19?/m0/s1. The molecule has 134 valence electrons. The molecule has 0 radical (unpaired) electrons. The third-order valence-corrected chi connectivity index (χ3v) is 9.85. The largest absolute Gasteiger partial charge is 0.543 e. The Morgan fingerprint density at radius 1 is 1.29 bits per heavy atom. The fraction of sp³-hybridized carbons (Fsp3) is 0.632. The topological polar surface area (TPSA) is 46.5 Å². The van der Waals surface area contributed by atoms with Crippen LogP contribution in [0, 0.1) is 5.92 Å². The highest BCUT2D eigenvalue weighted by molar-refractivity contribution is 6.74. The Hall–Kier alpha value is -1.36. The zero-order chi connectivity index (χ0) is 18.3. The van der Waals surface area contributed by atoms with Crippen molar-refractivity contribution < 1.29 is 18.7 Å². The highest BCUT2D eigenvalue weighted by atomic mass is 28.4. The molecule has 1 saturated carbocycles. The second-order valence-corrected chi connectivity index (χ2v) is 13.4. The molecule has 1 aliphatic rings. The summed E-state index contributed by atoms with van der Waals surface area (Å²) < 4.78 is 21.2. The highest BCUT2D eigenvalue weighted by Gasteiger charge is 2.50. The van der Waals surface area contributed by atoms with Crippen LogP contribution in [-0.4, -0.2) is 25.1 Å². The number of carboxylic acids is 1. The summed E-state index contributed by atoms with van der Waals surface area (Å²) in [6, 6.07) is 7.38. The molecule has 1 aliphatic carbocycles. The average molecular weight is 353 g/mol. The summed E-state index contributed by atoms with van der Waals surface area (Å²) in [5.41, 5.74) is -1.54. The molecule has 24 heavy (non-hydrogen) atoms. The van der Waals surface area contributed by atoms with Gasteiger partial charge in [0.1, 0.15) is 5.75 Å². The van der Waals surface area contributed by atoms with Gasteiger partial charge in [0.05, 0.1) is 0 Å². The fourth-order valence-electron chi connectivity index (χ4n) is 2.81. The lowest BCUT2D eigenvalue weighted by Gasteiger charge is -2.36. The second kappa shape index (κ2) is 6.17. The van der Waals surface area contributed by atoms with Crippen molar-refractivity contribution in [3.63, 3.8) is 0 Å². The van der Waals surface area contributed by atoms with E-state index >= 15 is 0 Å². The van der Waals surface area contributed by atoms with E-state index in [4.69, 9.17) is 4.43 Å². The van der Waals surface area contributed by atoms with E-state index in [1.807, 2.05) is 24.3 Å². The SMILES string of the molecule is CC(F)(C(=O)O)[C@H](c1cccc(O[Si](C)(C)C(C)(C)C)c1)C1CC1. The third kappa shape index (κ3) is 3.82. The van der Waals surface area contributed by atoms with Crippen molar-refractivity contribution in [2.45, 2.75) is 70.3 Å². The molecule has 0 aromatic heterocycles. The van der Waals surface area contributed by atoms with Crippen molar-refractivity contribution in [3.8, 4) is 5.75 Å². The molecular formula is C19H29FO3Si. The van der Waals surface area contributed by atoms with Crippen LogP contribution in [0.15, 0.2) is 24.3 Å². The molecule has 1 aromatic carbocycles. The Bertz CT molecular complexity index is 615. The molecule has 0 heterocycles. The molecule has 2 atom stereocenters. The third-order valence-electron chi connectivity index (χ3n) is 5.49. The molecule has 1 N–H and O–H groups in total. The lowest BCUT2D eigenvalue weighted by atomic mass is 9.81. The van der Waals surface area contributed by atoms with Gasteiger partial charge in [-0.2, -0.15) is 0 Å². The van der Waals surface area contributed by atoms with Crippen molar-refractivity contribution in [2.24, 2.45) is 5.92 Å². The Balaban J connectivity index is 2.34. The second-order valence-electron chi connectivity index (χ2n) is 8.63. The van der Waals surface area contributed by atoms with Crippen LogP contribution in [0.25, 0.3) is 0 Å². The summed E-state index contributed by atoms with van der Waals surface area (Å²) in [6.45, 7) is 12.0. The number of rotatable bonds is 6. The quantitative estimate of drug-likeness (QED) is 0.699. The predicted molar refractivity (Wildman–Crippen MR) is 96.9 cm³/mol. The van der Waals surface area contributed by atoms with E-state index < -0.39 is 25.9 Å². The highest BCUT2D eigenvalue weighted by Crippen LogP contribution is 2.50. The van der Waals surface area contributed by atoms with E-state index in [9.17, 15) is 14.3 Å². The average Bonchev–Trinajstić information content (AvgIpc) is 3.21. The molecule has 2 rings (SSSR count). The van der Waals surface area contributed by atoms with Crippen LogP contribution < -0.4 is 4.43 Å². The van der Waals surface area contributed by atoms with Gasteiger partial charge in [0.25, 0.3) is 0 Å². The number of hydrogen-bond donors (Lipinski definition) is 1. The van der Waals surface area contributed by atoms with E-state index in [0.717, 1.165) is 18.4 Å². The number of aliphatic carboxylic acids is 1. The first-order valence-electron chi connectivity index (χ1n) is 8.57. The van der Waals surface area contributed by atoms with Crippen LogP contribution >= 0.6 is 0 Å². The van der Waals surface area contributed by atoms with Crippen LogP contribution in [0.1, 0.15) is 52.0 Å². The maximum atomic E-state index is 14.9. The molecule has 1 fully saturated rings. The summed E-state index contributed by atoms with van der Waals surface area (Å²) in [5.74, 6) is -1.21. The summed E-state index contributed by atoms with van der Waals surface area (Å²) >= 11 is 0. The van der Waals surface area contributed by atoms with Crippen LogP contribution in [0.4, 0.5) is 4.39 Å². The van der Waals surface area contributed by atoms with Crippen molar-refractivity contribution in [1.29, 1.82) is 0 Å². The van der Waals surface area contributed by atoms with Crippen molar-refractivity contribution >= 4 is 14.3 Å². The van der Waals surface area contributed by atoms with Crippen LogP contribution in [0.3, 0.4) is 0 Å². The number of carboxylic acid groups (broad SMARTS) is 1. The Labute approximate surface area is 145 Å². The molecule has 5 heteroatoms. The van der Waals surface area contributed by atoms with Crippen LogP contribution in [-0.2, 0) is 4.79 Å². The van der Waals surface area contributed by atoms with Gasteiger partial charge in [0.2, 0.25) is 14.0 Å². The number of hydrogen-bond acceptors (Lipinski definition) is 2. The monoisotopic (exact) mass is 352 g/mol. The number of carbonyl (C=O) groups is 1. The maximum Gasteiger partial charge on any atom is 0.341 e. The number of alkyl halides is 1. The van der Waals surface area contributed by atoms with E-state index in [0.29, 0.717) is 5.75 Å². The zero-order valence-electron chi connectivity index (χ0n) is 15.5. The molecule has 0 bridgehead atoms.